The van der Waals surface area contributed by atoms with E-state index in [2.05, 4.69) is 15.9 Å². The van der Waals surface area contributed by atoms with E-state index < -0.39 is 24.0 Å². The van der Waals surface area contributed by atoms with Crippen LogP contribution >= 0.6 is 15.9 Å². The van der Waals surface area contributed by atoms with Gasteiger partial charge in [-0.05, 0) is 65.2 Å². The van der Waals surface area contributed by atoms with Crippen LogP contribution in [0.2, 0.25) is 0 Å². The second kappa shape index (κ2) is 7.91. The van der Waals surface area contributed by atoms with Crippen LogP contribution in [0.4, 0.5) is 4.39 Å². The van der Waals surface area contributed by atoms with Gasteiger partial charge in [0.1, 0.15) is 5.73 Å². The lowest BCUT2D eigenvalue weighted by atomic mass is 9.82. The monoisotopic (exact) mass is 412 g/mol. The van der Waals surface area contributed by atoms with Crippen LogP contribution in [0.5, 0.6) is 0 Å². The van der Waals surface area contributed by atoms with Gasteiger partial charge in [-0.3, -0.25) is 0 Å². The van der Waals surface area contributed by atoms with Crippen molar-refractivity contribution in [3.8, 4) is 0 Å². The molecule has 2 rings (SSSR count). The first-order chi connectivity index (χ1) is 11.5. The predicted octanol–water partition coefficient (Wildman–Crippen LogP) is 5.58. The van der Waals surface area contributed by atoms with Crippen molar-refractivity contribution in [1.29, 1.82) is 0 Å². The Labute approximate surface area is 159 Å². The van der Waals surface area contributed by atoms with Gasteiger partial charge in [0, 0.05) is 4.47 Å². The van der Waals surface area contributed by atoms with Gasteiger partial charge in [0.2, 0.25) is 0 Å². The molecule has 0 aromatic heterocycles. The Hall–Kier alpha value is -0.685. The van der Waals surface area contributed by atoms with Crippen molar-refractivity contribution in [2.24, 2.45) is 0 Å². The smallest absolute Gasteiger partial charge is 0.398 e. The quantitative estimate of drug-likeness (QED) is 0.571. The zero-order valence-electron chi connectivity index (χ0n) is 15.9. The topological polar surface area (TPSA) is 27.7 Å². The van der Waals surface area contributed by atoms with E-state index in [1.165, 1.54) is 0 Å². The van der Waals surface area contributed by atoms with Gasteiger partial charge in [0.25, 0.3) is 0 Å². The summed E-state index contributed by atoms with van der Waals surface area (Å²) in [4.78, 5) is 0. The van der Waals surface area contributed by atoms with Crippen molar-refractivity contribution < 1.29 is 18.4 Å². The summed E-state index contributed by atoms with van der Waals surface area (Å²) in [6.07, 6.45) is 0.539. The predicted molar refractivity (Wildman–Crippen MR) is 104 cm³/mol. The van der Waals surface area contributed by atoms with E-state index in [0.717, 1.165) is 10.0 Å². The summed E-state index contributed by atoms with van der Waals surface area (Å²) in [5.74, 6) is 0. The molecule has 0 saturated carbocycles. The lowest BCUT2D eigenvalue weighted by Crippen LogP contribution is -2.41. The van der Waals surface area contributed by atoms with E-state index in [1.807, 2.05) is 65.8 Å². The summed E-state index contributed by atoms with van der Waals surface area (Å²) in [6.45, 7) is 12.0. The Morgan fingerprint density at radius 2 is 1.72 bits per heavy atom. The molecule has 0 bridgehead atoms. The average Bonchev–Trinajstić information content (AvgIpc) is 2.72. The van der Waals surface area contributed by atoms with E-state index in [0.29, 0.717) is 18.6 Å². The van der Waals surface area contributed by atoms with Crippen LogP contribution in [0.25, 0.3) is 5.57 Å². The van der Waals surface area contributed by atoms with Gasteiger partial charge in [-0.1, -0.05) is 34.1 Å². The van der Waals surface area contributed by atoms with Crippen molar-refractivity contribution in [1.82, 2.24) is 0 Å². The molecule has 1 saturated heterocycles. The highest BCUT2D eigenvalue weighted by Gasteiger charge is 2.53. The summed E-state index contributed by atoms with van der Waals surface area (Å²) >= 11 is 3.52. The molecule has 1 aromatic carbocycles. The molecule has 138 valence electrons. The van der Waals surface area contributed by atoms with Gasteiger partial charge in [-0.25, -0.2) is 4.39 Å². The third-order valence-corrected chi connectivity index (χ3v) is 5.44. The maximum Gasteiger partial charge on any atom is 0.525 e. The fourth-order valence-electron chi connectivity index (χ4n) is 2.57. The minimum atomic E-state index is -1.01. The minimum Gasteiger partial charge on any atom is -0.398 e. The van der Waals surface area contributed by atoms with Gasteiger partial charge in [-0.15, -0.1) is 0 Å². The molecule has 1 aromatic rings. The Morgan fingerprint density at radius 1 is 1.16 bits per heavy atom. The second-order valence-electron chi connectivity index (χ2n) is 7.56. The summed E-state index contributed by atoms with van der Waals surface area (Å²) in [5.41, 5.74) is -0.211. The molecule has 0 radical (unpaired) electrons. The largest absolute Gasteiger partial charge is 0.525 e. The van der Waals surface area contributed by atoms with Gasteiger partial charge in [-0.2, -0.15) is 0 Å². The molecular weight excluding hydrogens is 386 g/mol. The van der Waals surface area contributed by atoms with Gasteiger partial charge in [0.15, 0.2) is 0 Å². The lowest BCUT2D eigenvalue weighted by molar-refractivity contribution is 0.00578. The molecule has 1 aliphatic heterocycles. The van der Waals surface area contributed by atoms with Crippen LogP contribution in [-0.2, 0) is 14.0 Å². The summed E-state index contributed by atoms with van der Waals surface area (Å²) in [7, 11) is -1.01. The van der Waals surface area contributed by atoms with Crippen LogP contribution in [0.15, 0.2) is 34.5 Å². The highest BCUT2D eigenvalue weighted by molar-refractivity contribution is 9.10. The second-order valence-corrected chi connectivity index (χ2v) is 8.42. The maximum atomic E-state index is 15.4. The first-order valence-corrected chi connectivity index (χ1v) is 9.45. The van der Waals surface area contributed by atoms with Crippen LogP contribution in [0.1, 0.15) is 53.5 Å². The Balaban J connectivity index is 2.36. The molecule has 1 aliphatic rings. The average molecular weight is 413 g/mol. The molecule has 25 heavy (non-hydrogen) atoms. The highest BCUT2D eigenvalue weighted by Crippen LogP contribution is 2.41. The van der Waals surface area contributed by atoms with E-state index >= 15 is 4.39 Å². The standard InChI is InChI=1S/C19H27BBrFO3/c1-13(2)23-12-11-15(14-9-7-8-10-16(14)21)17(22)20-24-18(3,4)19(5,6)25-20/h7-10,13H,11-12H2,1-6H3. The number of halogens is 2. The van der Waals surface area contributed by atoms with Gasteiger partial charge < -0.3 is 14.0 Å². The molecule has 1 fully saturated rings. The van der Waals surface area contributed by atoms with Crippen molar-refractivity contribution in [2.75, 3.05) is 6.61 Å². The Kier molecular flexibility index (Phi) is 6.52. The lowest BCUT2D eigenvalue weighted by Gasteiger charge is -2.32. The molecule has 0 amide bonds. The van der Waals surface area contributed by atoms with E-state index in [1.54, 1.807) is 0 Å². The van der Waals surface area contributed by atoms with Crippen LogP contribution in [0, 0.1) is 0 Å². The van der Waals surface area contributed by atoms with Gasteiger partial charge >= 0.3 is 7.12 Å². The zero-order valence-corrected chi connectivity index (χ0v) is 17.4. The molecule has 1 heterocycles. The van der Waals surface area contributed by atoms with E-state index in [9.17, 15) is 0 Å². The van der Waals surface area contributed by atoms with Crippen molar-refractivity contribution >= 4 is 28.6 Å². The summed E-state index contributed by atoms with van der Waals surface area (Å²) < 4.78 is 33.6. The molecule has 0 atom stereocenters. The zero-order chi connectivity index (χ0) is 18.8. The Bertz CT molecular complexity index is 627. The maximum absolute atomic E-state index is 15.4. The highest BCUT2D eigenvalue weighted by atomic mass is 79.9. The van der Waals surface area contributed by atoms with Crippen molar-refractivity contribution in [3.63, 3.8) is 0 Å². The SMILES string of the molecule is CC(C)OCCC(=C(F)B1OC(C)(C)C(C)(C)O1)c1ccccc1Br. The van der Waals surface area contributed by atoms with Crippen LogP contribution in [-0.4, -0.2) is 31.0 Å². The molecule has 0 unspecified atom stereocenters. The summed E-state index contributed by atoms with van der Waals surface area (Å²) in [6, 6.07) is 7.58. The fourth-order valence-corrected chi connectivity index (χ4v) is 3.10. The number of hydrogen-bond donors (Lipinski definition) is 0. The number of ether oxygens (including phenoxy) is 1. The van der Waals surface area contributed by atoms with Crippen LogP contribution < -0.4 is 0 Å². The molecule has 6 heteroatoms. The number of rotatable bonds is 6. The Morgan fingerprint density at radius 3 is 2.24 bits per heavy atom. The van der Waals surface area contributed by atoms with Crippen molar-refractivity contribution in [2.45, 2.75) is 65.3 Å². The third kappa shape index (κ3) is 4.73. The summed E-state index contributed by atoms with van der Waals surface area (Å²) in [5, 5.41) is 0. The van der Waals surface area contributed by atoms with Gasteiger partial charge in [0.05, 0.1) is 23.9 Å². The normalized spacial score (nSPS) is 20.1. The van der Waals surface area contributed by atoms with Crippen LogP contribution in [0.3, 0.4) is 0 Å². The molecular formula is C19H27BBrFO3. The molecule has 0 N–H and O–H groups in total. The number of hydrogen-bond acceptors (Lipinski definition) is 3. The van der Waals surface area contributed by atoms with E-state index in [4.69, 9.17) is 14.0 Å². The molecule has 0 aliphatic carbocycles. The first-order valence-electron chi connectivity index (χ1n) is 8.66. The number of benzene rings is 1. The van der Waals surface area contributed by atoms with E-state index in [-0.39, 0.29) is 6.10 Å². The minimum absolute atomic E-state index is 0.0976. The fraction of sp³-hybridized carbons (Fsp3) is 0.579. The third-order valence-electron chi connectivity index (χ3n) is 4.75. The molecule has 3 nitrogen and oxygen atoms in total. The first kappa shape index (κ1) is 20.6. The van der Waals surface area contributed by atoms with Crippen molar-refractivity contribution in [3.05, 3.63) is 40.0 Å². The molecule has 0 spiro atoms.